The Morgan fingerprint density at radius 3 is 2.25 bits per heavy atom. The van der Waals surface area contributed by atoms with E-state index in [1.165, 1.54) is 0 Å². The van der Waals surface area contributed by atoms with Gasteiger partial charge in [-0.15, -0.1) is 0 Å². The van der Waals surface area contributed by atoms with E-state index in [1.807, 2.05) is 0 Å². The first-order chi connectivity index (χ1) is 7.81. The van der Waals surface area contributed by atoms with Crippen LogP contribution < -0.4 is 11.3 Å². The van der Waals surface area contributed by atoms with Crippen molar-refractivity contribution in [1.29, 1.82) is 0 Å². The molecule has 0 spiro atoms. The Hall–Kier alpha value is -0.690. The van der Waals surface area contributed by atoms with Crippen molar-refractivity contribution in [1.82, 2.24) is 5.43 Å². The lowest BCUT2D eigenvalue weighted by atomic mass is 10.3. The van der Waals surface area contributed by atoms with Gasteiger partial charge in [0.05, 0.1) is 13.2 Å². The van der Waals surface area contributed by atoms with Crippen molar-refractivity contribution < 1.29 is 19.0 Å². The van der Waals surface area contributed by atoms with Crippen molar-refractivity contribution in [3.63, 3.8) is 0 Å². The summed E-state index contributed by atoms with van der Waals surface area (Å²) in [6, 6.07) is 0. The molecule has 1 amide bonds. The molecule has 96 valence electrons. The molecule has 3 N–H and O–H groups in total. The Morgan fingerprint density at radius 2 is 1.69 bits per heavy atom. The molecule has 0 atom stereocenters. The highest BCUT2D eigenvalue weighted by atomic mass is 16.5. The Morgan fingerprint density at radius 1 is 1.06 bits per heavy atom. The van der Waals surface area contributed by atoms with Crippen LogP contribution >= 0.6 is 0 Å². The fraction of sp³-hybridized carbons (Fsp3) is 0.900. The van der Waals surface area contributed by atoms with Crippen molar-refractivity contribution in [3.8, 4) is 0 Å². The number of nitrogens with one attached hydrogen (secondary N) is 1. The number of hydrazine groups is 1. The molecule has 16 heavy (non-hydrogen) atoms. The van der Waals surface area contributed by atoms with Crippen molar-refractivity contribution in [2.45, 2.75) is 19.3 Å². The minimum absolute atomic E-state index is 0.167. The first kappa shape index (κ1) is 15.3. The van der Waals surface area contributed by atoms with Gasteiger partial charge in [0, 0.05) is 33.4 Å². The quantitative estimate of drug-likeness (QED) is 0.224. The molecule has 0 rings (SSSR count). The lowest BCUT2D eigenvalue weighted by Gasteiger charge is -2.05. The van der Waals surface area contributed by atoms with Gasteiger partial charge in [-0.05, 0) is 12.8 Å². The molecular formula is C10H22N2O4. The van der Waals surface area contributed by atoms with Gasteiger partial charge in [0.15, 0.2) is 0 Å². The zero-order valence-electron chi connectivity index (χ0n) is 9.87. The number of methoxy groups -OCH3 is 1. The van der Waals surface area contributed by atoms with E-state index in [0.717, 1.165) is 13.0 Å². The molecule has 0 aromatic rings. The SMILES string of the molecule is COCCCOCCOCCCC(=O)NN. The van der Waals surface area contributed by atoms with Crippen LogP contribution in [0.25, 0.3) is 0 Å². The predicted octanol–water partition coefficient (Wildman–Crippen LogP) is -0.174. The summed E-state index contributed by atoms with van der Waals surface area (Å²) in [6.45, 7) is 3.08. The number of carbonyl (C=O) groups is 1. The smallest absolute Gasteiger partial charge is 0.233 e. The zero-order valence-corrected chi connectivity index (χ0v) is 9.87. The van der Waals surface area contributed by atoms with Gasteiger partial charge >= 0.3 is 0 Å². The summed E-state index contributed by atoms with van der Waals surface area (Å²) in [4.78, 5) is 10.7. The minimum atomic E-state index is -0.167. The number of rotatable bonds is 11. The largest absolute Gasteiger partial charge is 0.385 e. The van der Waals surface area contributed by atoms with E-state index >= 15 is 0 Å². The monoisotopic (exact) mass is 234 g/mol. The second-order valence-corrected chi connectivity index (χ2v) is 3.24. The lowest BCUT2D eigenvalue weighted by Crippen LogP contribution is -2.29. The normalized spacial score (nSPS) is 10.4. The van der Waals surface area contributed by atoms with Crippen LogP contribution in [0.4, 0.5) is 0 Å². The Labute approximate surface area is 96.4 Å². The van der Waals surface area contributed by atoms with Crippen LogP contribution in [0.3, 0.4) is 0 Å². The first-order valence-corrected chi connectivity index (χ1v) is 5.45. The molecule has 0 aliphatic heterocycles. The maximum atomic E-state index is 10.7. The molecule has 6 heteroatoms. The van der Waals surface area contributed by atoms with Crippen molar-refractivity contribution >= 4 is 5.91 Å². The fourth-order valence-electron chi connectivity index (χ4n) is 1.03. The molecule has 0 bridgehead atoms. The van der Waals surface area contributed by atoms with Crippen LogP contribution in [0.1, 0.15) is 19.3 Å². The maximum Gasteiger partial charge on any atom is 0.233 e. The molecule has 0 radical (unpaired) electrons. The molecule has 0 aromatic carbocycles. The molecule has 0 aliphatic rings. The summed E-state index contributed by atoms with van der Waals surface area (Å²) in [5.41, 5.74) is 2.06. The fourth-order valence-corrected chi connectivity index (χ4v) is 1.03. The minimum Gasteiger partial charge on any atom is -0.385 e. The number of hydrogen-bond acceptors (Lipinski definition) is 5. The van der Waals surface area contributed by atoms with Crippen molar-refractivity contribution in [2.24, 2.45) is 5.84 Å². The van der Waals surface area contributed by atoms with Crippen LogP contribution in [0.5, 0.6) is 0 Å². The average molecular weight is 234 g/mol. The highest BCUT2D eigenvalue weighted by Crippen LogP contribution is 1.90. The van der Waals surface area contributed by atoms with Gasteiger partial charge in [0.2, 0.25) is 5.91 Å². The molecule has 0 aliphatic carbocycles. The topological polar surface area (TPSA) is 82.8 Å². The summed E-state index contributed by atoms with van der Waals surface area (Å²) < 4.78 is 15.4. The summed E-state index contributed by atoms with van der Waals surface area (Å²) in [6.07, 6.45) is 1.96. The highest BCUT2D eigenvalue weighted by Gasteiger charge is 1.97. The average Bonchev–Trinajstić information content (AvgIpc) is 2.31. The van der Waals surface area contributed by atoms with Gasteiger partial charge in [-0.2, -0.15) is 0 Å². The van der Waals surface area contributed by atoms with Gasteiger partial charge in [-0.25, -0.2) is 5.84 Å². The first-order valence-electron chi connectivity index (χ1n) is 5.45. The van der Waals surface area contributed by atoms with Crippen LogP contribution in [-0.4, -0.2) is 46.1 Å². The number of ether oxygens (including phenoxy) is 3. The van der Waals surface area contributed by atoms with Crippen LogP contribution in [0, 0.1) is 0 Å². The predicted molar refractivity (Wildman–Crippen MR) is 59.7 cm³/mol. The Balaban J connectivity index is 2.96. The van der Waals surface area contributed by atoms with Crippen LogP contribution in [0.15, 0.2) is 0 Å². The van der Waals surface area contributed by atoms with Gasteiger partial charge in [-0.1, -0.05) is 0 Å². The summed E-state index contributed by atoms with van der Waals surface area (Å²) in [7, 11) is 1.67. The Kier molecular flexibility index (Phi) is 11.8. The summed E-state index contributed by atoms with van der Waals surface area (Å²) >= 11 is 0. The van der Waals surface area contributed by atoms with Gasteiger partial charge < -0.3 is 14.2 Å². The third-order valence-electron chi connectivity index (χ3n) is 1.86. The van der Waals surface area contributed by atoms with E-state index in [-0.39, 0.29) is 5.91 Å². The van der Waals surface area contributed by atoms with E-state index in [0.29, 0.717) is 39.3 Å². The van der Waals surface area contributed by atoms with E-state index in [4.69, 9.17) is 20.1 Å². The van der Waals surface area contributed by atoms with Crippen molar-refractivity contribution in [2.75, 3.05) is 40.1 Å². The van der Waals surface area contributed by atoms with Crippen molar-refractivity contribution in [3.05, 3.63) is 0 Å². The van der Waals surface area contributed by atoms with Gasteiger partial charge in [0.1, 0.15) is 0 Å². The maximum absolute atomic E-state index is 10.7. The summed E-state index contributed by atoms with van der Waals surface area (Å²) in [5, 5.41) is 0. The Bertz CT molecular complexity index is 167. The third-order valence-corrected chi connectivity index (χ3v) is 1.86. The molecule has 6 nitrogen and oxygen atoms in total. The van der Waals surface area contributed by atoms with Gasteiger partial charge in [-0.3, -0.25) is 10.2 Å². The van der Waals surface area contributed by atoms with E-state index in [1.54, 1.807) is 7.11 Å². The zero-order chi connectivity index (χ0) is 12.1. The standard InChI is InChI=1S/C10H22N2O4/c1-14-5-3-7-16-9-8-15-6-2-4-10(13)12-11/h2-9,11H2,1H3,(H,12,13). The highest BCUT2D eigenvalue weighted by molar-refractivity contribution is 5.75. The molecule has 0 aromatic heterocycles. The molecule has 0 heterocycles. The van der Waals surface area contributed by atoms with Crippen LogP contribution in [0.2, 0.25) is 0 Å². The molecule has 0 unspecified atom stereocenters. The van der Waals surface area contributed by atoms with E-state index in [9.17, 15) is 4.79 Å². The second kappa shape index (κ2) is 12.4. The molecule has 0 saturated carbocycles. The van der Waals surface area contributed by atoms with E-state index < -0.39 is 0 Å². The molecule has 0 fully saturated rings. The summed E-state index contributed by atoms with van der Waals surface area (Å²) in [5.74, 6) is 4.75. The number of carbonyl (C=O) groups excluding carboxylic acids is 1. The lowest BCUT2D eigenvalue weighted by molar-refractivity contribution is -0.121. The van der Waals surface area contributed by atoms with E-state index in [2.05, 4.69) is 5.43 Å². The molecular weight excluding hydrogens is 212 g/mol. The van der Waals surface area contributed by atoms with Gasteiger partial charge in [0.25, 0.3) is 0 Å². The number of nitrogens with two attached hydrogens (primary N) is 1. The number of hydrogen-bond donors (Lipinski definition) is 2. The number of amides is 1. The molecule has 0 saturated heterocycles. The third kappa shape index (κ3) is 11.4. The van der Waals surface area contributed by atoms with Crippen LogP contribution in [-0.2, 0) is 19.0 Å². The second-order valence-electron chi connectivity index (χ2n) is 3.24.